The molecule has 3 nitrogen and oxygen atoms in total. The first-order valence-electron chi connectivity index (χ1n) is 6.13. The fraction of sp³-hybridized carbons (Fsp3) is 0.462. The maximum absolute atomic E-state index is 13.5. The molecule has 2 rings (SSSR count). The number of alkyl halides is 3. The summed E-state index contributed by atoms with van der Waals surface area (Å²) in [6.45, 7) is -1.20. The first-order valence-corrected chi connectivity index (χ1v) is 6.13. The maximum Gasteiger partial charge on any atom is 0.406 e. The Hall–Kier alpha value is -1.70. The molecule has 1 aromatic rings. The number of nitrogens with zero attached hydrogens (tertiary/aromatic N) is 1. The second-order valence-corrected chi connectivity index (χ2v) is 5.06. The van der Waals surface area contributed by atoms with Crippen molar-refractivity contribution in [1.29, 1.82) is 0 Å². The molecule has 1 aliphatic heterocycles. The summed E-state index contributed by atoms with van der Waals surface area (Å²) in [6, 6.07) is 3.41. The summed E-state index contributed by atoms with van der Waals surface area (Å²) in [5, 5.41) is 8.90. The predicted molar refractivity (Wildman–Crippen MR) is 62.4 cm³/mol. The summed E-state index contributed by atoms with van der Waals surface area (Å²) >= 11 is 0. The molecule has 1 aromatic carbocycles. The topological polar surface area (TPSA) is 40.5 Å². The summed E-state index contributed by atoms with van der Waals surface area (Å²) in [7, 11) is 0. The van der Waals surface area contributed by atoms with E-state index in [0.29, 0.717) is 0 Å². The van der Waals surface area contributed by atoms with Gasteiger partial charge in [-0.3, -0.25) is 9.69 Å². The summed E-state index contributed by atoms with van der Waals surface area (Å²) < 4.78 is 65.5. The normalized spacial score (nSPS) is 23.5. The van der Waals surface area contributed by atoms with Crippen LogP contribution in [0.5, 0.6) is 0 Å². The standard InChI is InChI=1S/C13H12F5NO2/c14-9-3-1-2-8(10(9)15)6-19-5-4-12(7-19,11(20)21)13(16,17)18/h1-3H,4-7H2,(H,20,21). The van der Waals surface area contributed by atoms with Crippen LogP contribution in [0.15, 0.2) is 18.2 Å². The molecule has 1 aliphatic rings. The molecule has 0 radical (unpaired) electrons. The van der Waals surface area contributed by atoms with E-state index in [9.17, 15) is 26.7 Å². The van der Waals surface area contributed by atoms with E-state index in [1.54, 1.807) is 0 Å². The van der Waals surface area contributed by atoms with E-state index in [1.165, 1.54) is 17.0 Å². The zero-order valence-electron chi connectivity index (χ0n) is 10.8. The Morgan fingerprint density at radius 2 is 2.00 bits per heavy atom. The highest BCUT2D eigenvalue weighted by atomic mass is 19.4. The Labute approximate surface area is 117 Å². The van der Waals surface area contributed by atoms with Crippen molar-refractivity contribution in [1.82, 2.24) is 4.90 Å². The van der Waals surface area contributed by atoms with Crippen LogP contribution in [-0.4, -0.2) is 35.2 Å². The quantitative estimate of drug-likeness (QED) is 0.873. The molecule has 8 heteroatoms. The Balaban J connectivity index is 2.19. The van der Waals surface area contributed by atoms with Crippen LogP contribution in [-0.2, 0) is 11.3 Å². The molecule has 1 saturated heterocycles. The van der Waals surface area contributed by atoms with Gasteiger partial charge >= 0.3 is 12.1 Å². The third kappa shape index (κ3) is 2.72. The molecule has 0 aliphatic carbocycles. The smallest absolute Gasteiger partial charge is 0.406 e. The molecule has 1 fully saturated rings. The Kier molecular flexibility index (Phi) is 3.92. The van der Waals surface area contributed by atoms with Gasteiger partial charge in [0.2, 0.25) is 0 Å². The van der Waals surface area contributed by atoms with Gasteiger partial charge in [0.25, 0.3) is 0 Å². The lowest BCUT2D eigenvalue weighted by Crippen LogP contribution is -2.47. The zero-order valence-corrected chi connectivity index (χ0v) is 10.8. The summed E-state index contributed by atoms with van der Waals surface area (Å²) in [6.07, 6.45) is -5.50. The molecule has 1 unspecified atom stereocenters. The van der Waals surface area contributed by atoms with Crippen molar-refractivity contribution in [3.05, 3.63) is 35.4 Å². The summed E-state index contributed by atoms with van der Waals surface area (Å²) in [4.78, 5) is 12.2. The molecule has 1 N–H and O–H groups in total. The monoisotopic (exact) mass is 309 g/mol. The highest BCUT2D eigenvalue weighted by Crippen LogP contribution is 2.46. The average Bonchev–Trinajstić information content (AvgIpc) is 2.80. The van der Waals surface area contributed by atoms with Gasteiger partial charge in [0.1, 0.15) is 0 Å². The van der Waals surface area contributed by atoms with Gasteiger partial charge in [-0.15, -0.1) is 0 Å². The van der Waals surface area contributed by atoms with E-state index in [4.69, 9.17) is 5.11 Å². The van der Waals surface area contributed by atoms with E-state index in [2.05, 4.69) is 0 Å². The SMILES string of the molecule is O=C(O)C1(C(F)(F)F)CCN(Cc2cccc(F)c2F)C1. The third-order valence-electron chi connectivity index (χ3n) is 3.73. The Morgan fingerprint density at radius 1 is 1.33 bits per heavy atom. The fourth-order valence-electron chi connectivity index (χ4n) is 2.46. The molecule has 0 saturated carbocycles. The Bertz CT molecular complexity index is 560. The van der Waals surface area contributed by atoms with Gasteiger partial charge in [-0.2, -0.15) is 13.2 Å². The zero-order chi connectivity index (χ0) is 15.8. The average molecular weight is 309 g/mol. The van der Waals surface area contributed by atoms with Crippen LogP contribution >= 0.6 is 0 Å². The molecule has 0 spiro atoms. The van der Waals surface area contributed by atoms with Gasteiger partial charge in [-0.05, 0) is 12.5 Å². The second-order valence-electron chi connectivity index (χ2n) is 5.06. The van der Waals surface area contributed by atoms with Crippen LogP contribution in [0.2, 0.25) is 0 Å². The number of rotatable bonds is 3. The predicted octanol–water partition coefficient (Wildman–Crippen LogP) is 2.80. The van der Waals surface area contributed by atoms with Gasteiger partial charge in [0.05, 0.1) is 0 Å². The number of carbonyl (C=O) groups is 1. The van der Waals surface area contributed by atoms with E-state index >= 15 is 0 Å². The maximum atomic E-state index is 13.5. The van der Waals surface area contributed by atoms with Crippen molar-refractivity contribution < 1.29 is 31.9 Å². The molecule has 116 valence electrons. The molecular weight excluding hydrogens is 297 g/mol. The minimum atomic E-state index is -4.89. The first-order chi connectivity index (χ1) is 9.67. The van der Waals surface area contributed by atoms with Gasteiger partial charge in [0.15, 0.2) is 17.0 Å². The summed E-state index contributed by atoms with van der Waals surface area (Å²) in [5.41, 5.74) is -2.95. The Morgan fingerprint density at radius 3 is 2.52 bits per heavy atom. The molecule has 0 amide bonds. The molecule has 0 bridgehead atoms. The van der Waals surface area contributed by atoms with E-state index in [0.717, 1.165) is 6.07 Å². The number of hydrogen-bond donors (Lipinski definition) is 1. The van der Waals surface area contributed by atoms with Crippen molar-refractivity contribution in [3.63, 3.8) is 0 Å². The first kappa shape index (κ1) is 15.7. The van der Waals surface area contributed by atoms with E-state index in [1.807, 2.05) is 0 Å². The van der Waals surface area contributed by atoms with Gasteiger partial charge in [0, 0.05) is 25.2 Å². The second kappa shape index (κ2) is 5.25. The van der Waals surface area contributed by atoms with Crippen molar-refractivity contribution in [2.24, 2.45) is 5.41 Å². The lowest BCUT2D eigenvalue weighted by molar-refractivity contribution is -0.227. The lowest BCUT2D eigenvalue weighted by atomic mass is 9.86. The number of carboxylic acids is 1. The van der Waals surface area contributed by atoms with Crippen LogP contribution < -0.4 is 0 Å². The number of carboxylic acid groups (broad SMARTS) is 1. The third-order valence-corrected chi connectivity index (χ3v) is 3.73. The van der Waals surface area contributed by atoms with Crippen LogP contribution in [0.4, 0.5) is 22.0 Å². The van der Waals surface area contributed by atoms with Gasteiger partial charge in [-0.1, -0.05) is 12.1 Å². The number of halogens is 5. The van der Waals surface area contributed by atoms with Gasteiger partial charge < -0.3 is 5.11 Å². The number of benzene rings is 1. The molecule has 21 heavy (non-hydrogen) atoms. The molecular formula is C13H12F5NO2. The van der Waals surface area contributed by atoms with Crippen molar-refractivity contribution in [3.8, 4) is 0 Å². The van der Waals surface area contributed by atoms with Gasteiger partial charge in [-0.25, -0.2) is 8.78 Å². The highest BCUT2D eigenvalue weighted by Gasteiger charge is 2.63. The van der Waals surface area contributed by atoms with Crippen LogP contribution in [0.25, 0.3) is 0 Å². The van der Waals surface area contributed by atoms with Crippen molar-refractivity contribution in [2.75, 3.05) is 13.1 Å². The van der Waals surface area contributed by atoms with E-state index < -0.39 is 42.2 Å². The highest BCUT2D eigenvalue weighted by molar-refractivity contribution is 5.76. The molecule has 0 aromatic heterocycles. The number of likely N-dealkylation sites (tertiary alicyclic amines) is 1. The number of hydrogen-bond acceptors (Lipinski definition) is 2. The molecule has 1 atom stereocenters. The van der Waals surface area contributed by atoms with Crippen molar-refractivity contribution >= 4 is 5.97 Å². The van der Waals surface area contributed by atoms with Crippen LogP contribution in [0.3, 0.4) is 0 Å². The lowest BCUT2D eigenvalue weighted by Gasteiger charge is -2.27. The van der Waals surface area contributed by atoms with Crippen molar-refractivity contribution in [2.45, 2.75) is 19.1 Å². The molecule has 1 heterocycles. The van der Waals surface area contributed by atoms with E-state index in [-0.39, 0.29) is 18.7 Å². The summed E-state index contributed by atoms with van der Waals surface area (Å²) in [5.74, 6) is -4.17. The van der Waals surface area contributed by atoms with Crippen LogP contribution in [0, 0.1) is 17.0 Å². The number of aliphatic carboxylic acids is 1. The van der Waals surface area contributed by atoms with Crippen LogP contribution in [0.1, 0.15) is 12.0 Å². The minimum Gasteiger partial charge on any atom is -0.481 e. The fourth-order valence-corrected chi connectivity index (χ4v) is 2.46. The largest absolute Gasteiger partial charge is 0.481 e. The minimum absolute atomic E-state index is 0.0987.